The Balaban J connectivity index is 2.11. The van der Waals surface area contributed by atoms with Crippen molar-refractivity contribution in [3.63, 3.8) is 0 Å². The fraction of sp³-hybridized carbons (Fsp3) is 0.143. The van der Waals surface area contributed by atoms with E-state index in [1.165, 1.54) is 35.6 Å². The summed E-state index contributed by atoms with van der Waals surface area (Å²) < 4.78 is 38.9. The third kappa shape index (κ3) is 4.16. The summed E-state index contributed by atoms with van der Waals surface area (Å²) in [4.78, 5) is 16.0. The van der Waals surface area contributed by atoms with Gasteiger partial charge in [0.05, 0.1) is 5.56 Å². The van der Waals surface area contributed by atoms with E-state index >= 15 is 0 Å². The number of hydrogen-bond donors (Lipinski definition) is 0. The Morgan fingerprint density at radius 3 is 2.48 bits per heavy atom. The van der Waals surface area contributed by atoms with Crippen LogP contribution in [0.25, 0.3) is 6.08 Å². The number of halogens is 3. The Kier molecular flexibility index (Phi) is 4.42. The van der Waals surface area contributed by atoms with E-state index in [0.717, 1.165) is 12.1 Å². The summed E-state index contributed by atoms with van der Waals surface area (Å²) in [5, 5.41) is 1.80. The molecule has 0 saturated carbocycles. The number of thiazole rings is 1. The number of carbonyl (C=O) groups excluding carboxylic acids is 1. The minimum absolute atomic E-state index is 0.465. The molecule has 3 nitrogen and oxygen atoms in total. The van der Waals surface area contributed by atoms with E-state index in [-0.39, 0.29) is 0 Å². The van der Waals surface area contributed by atoms with E-state index in [2.05, 4.69) is 4.99 Å². The average Bonchev–Trinajstić information content (AvgIpc) is 2.81. The van der Waals surface area contributed by atoms with Crippen LogP contribution in [0.1, 0.15) is 11.1 Å². The first-order chi connectivity index (χ1) is 9.86. The van der Waals surface area contributed by atoms with Crippen LogP contribution in [-0.4, -0.2) is 10.5 Å². The molecule has 0 atom stereocenters. The molecule has 2 rings (SSSR count). The summed E-state index contributed by atoms with van der Waals surface area (Å²) in [6.45, 7) is 0. The molecule has 0 saturated heterocycles. The largest absolute Gasteiger partial charge is 0.416 e. The second-order valence-electron chi connectivity index (χ2n) is 4.20. The maximum atomic E-state index is 12.4. The molecular weight excluding hydrogens is 301 g/mol. The monoisotopic (exact) mass is 312 g/mol. The standard InChI is InChI=1S/C14H11F3N2OS/c1-19-8-9-21-13(19)18-12(20)7-4-10-2-5-11(6-3-10)14(15,16)17/h2-9H,1H3/b7-4+,18-13?. The molecule has 0 fully saturated rings. The lowest BCUT2D eigenvalue weighted by atomic mass is 10.1. The van der Waals surface area contributed by atoms with E-state index in [0.29, 0.717) is 10.4 Å². The minimum Gasteiger partial charge on any atom is -0.327 e. The van der Waals surface area contributed by atoms with Gasteiger partial charge in [-0.15, -0.1) is 11.3 Å². The van der Waals surface area contributed by atoms with Crippen LogP contribution in [0.4, 0.5) is 13.2 Å². The van der Waals surface area contributed by atoms with Crippen molar-refractivity contribution in [2.75, 3.05) is 0 Å². The van der Waals surface area contributed by atoms with Crippen LogP contribution in [0.2, 0.25) is 0 Å². The number of aromatic nitrogens is 1. The Morgan fingerprint density at radius 2 is 1.95 bits per heavy atom. The third-order valence-electron chi connectivity index (χ3n) is 2.62. The van der Waals surface area contributed by atoms with E-state index < -0.39 is 17.6 Å². The van der Waals surface area contributed by atoms with Gasteiger partial charge in [0.25, 0.3) is 5.91 Å². The molecule has 0 aliphatic carbocycles. The molecule has 21 heavy (non-hydrogen) atoms. The number of alkyl halides is 3. The average molecular weight is 312 g/mol. The number of benzene rings is 1. The molecule has 1 amide bonds. The molecule has 0 N–H and O–H groups in total. The predicted molar refractivity (Wildman–Crippen MR) is 74.3 cm³/mol. The first kappa shape index (κ1) is 15.2. The molecule has 2 aromatic rings. The highest BCUT2D eigenvalue weighted by atomic mass is 32.1. The van der Waals surface area contributed by atoms with Crippen LogP contribution >= 0.6 is 11.3 Å². The minimum atomic E-state index is -4.36. The number of aryl methyl sites for hydroxylation is 1. The number of amides is 1. The van der Waals surface area contributed by atoms with Crippen molar-refractivity contribution < 1.29 is 18.0 Å². The first-order valence-electron chi connectivity index (χ1n) is 5.90. The van der Waals surface area contributed by atoms with Crippen molar-refractivity contribution in [2.45, 2.75) is 6.18 Å². The fourth-order valence-electron chi connectivity index (χ4n) is 1.52. The van der Waals surface area contributed by atoms with Gasteiger partial charge in [-0.25, -0.2) is 0 Å². The van der Waals surface area contributed by atoms with Crippen LogP contribution in [0, 0.1) is 0 Å². The van der Waals surface area contributed by atoms with E-state index in [9.17, 15) is 18.0 Å². The van der Waals surface area contributed by atoms with E-state index in [1.807, 2.05) is 0 Å². The maximum absolute atomic E-state index is 12.4. The lowest BCUT2D eigenvalue weighted by molar-refractivity contribution is -0.137. The molecule has 1 aromatic heterocycles. The Morgan fingerprint density at radius 1 is 1.29 bits per heavy atom. The summed E-state index contributed by atoms with van der Waals surface area (Å²) >= 11 is 1.32. The second-order valence-corrected chi connectivity index (χ2v) is 5.07. The molecular formula is C14H11F3N2OS. The summed E-state index contributed by atoms with van der Waals surface area (Å²) in [5.74, 6) is -0.465. The maximum Gasteiger partial charge on any atom is 0.416 e. The highest BCUT2D eigenvalue weighted by molar-refractivity contribution is 7.07. The highest BCUT2D eigenvalue weighted by Gasteiger charge is 2.29. The van der Waals surface area contributed by atoms with Gasteiger partial charge < -0.3 is 4.57 Å². The zero-order chi connectivity index (χ0) is 15.5. The second kappa shape index (κ2) is 6.09. The fourth-order valence-corrected chi connectivity index (χ4v) is 2.25. The molecule has 1 heterocycles. The molecule has 0 bridgehead atoms. The third-order valence-corrected chi connectivity index (χ3v) is 3.47. The van der Waals surface area contributed by atoms with Crippen LogP contribution in [0.3, 0.4) is 0 Å². The number of nitrogens with zero attached hydrogens (tertiary/aromatic N) is 2. The molecule has 0 aliphatic rings. The summed E-state index contributed by atoms with van der Waals surface area (Å²) in [6.07, 6.45) is 0.0690. The SMILES string of the molecule is Cn1ccsc1=NC(=O)/C=C/c1ccc(C(F)(F)F)cc1. The molecule has 0 spiro atoms. The van der Waals surface area contributed by atoms with Gasteiger partial charge >= 0.3 is 6.18 Å². The lowest BCUT2D eigenvalue weighted by Crippen LogP contribution is -2.11. The van der Waals surface area contributed by atoms with E-state index in [1.54, 1.807) is 23.2 Å². The topological polar surface area (TPSA) is 34.4 Å². The first-order valence-corrected chi connectivity index (χ1v) is 6.78. The molecule has 0 aliphatic heterocycles. The predicted octanol–water partition coefficient (Wildman–Crippen LogP) is 3.25. The quantitative estimate of drug-likeness (QED) is 0.784. The van der Waals surface area contributed by atoms with Gasteiger partial charge in [0.15, 0.2) is 4.80 Å². The van der Waals surface area contributed by atoms with Gasteiger partial charge in [-0.3, -0.25) is 4.79 Å². The summed E-state index contributed by atoms with van der Waals surface area (Å²) in [7, 11) is 1.77. The Labute approximate surface area is 122 Å². The normalized spacial score (nSPS) is 13.0. The molecule has 0 unspecified atom stereocenters. The van der Waals surface area contributed by atoms with Crippen molar-refractivity contribution in [2.24, 2.45) is 12.0 Å². The van der Waals surface area contributed by atoms with Gasteiger partial charge in [0, 0.05) is 24.7 Å². The van der Waals surface area contributed by atoms with Gasteiger partial charge in [-0.1, -0.05) is 12.1 Å². The van der Waals surface area contributed by atoms with Crippen LogP contribution in [0.15, 0.2) is 46.9 Å². The van der Waals surface area contributed by atoms with Gasteiger partial charge in [-0.05, 0) is 23.8 Å². The Hall–Kier alpha value is -2.15. The van der Waals surface area contributed by atoms with Crippen molar-refractivity contribution >= 4 is 23.3 Å². The Bertz CT molecular complexity index is 724. The van der Waals surface area contributed by atoms with Crippen LogP contribution < -0.4 is 4.80 Å². The number of hydrogen-bond acceptors (Lipinski definition) is 2. The van der Waals surface area contributed by atoms with Gasteiger partial charge in [-0.2, -0.15) is 18.2 Å². The molecule has 7 heteroatoms. The van der Waals surface area contributed by atoms with Gasteiger partial charge in [0.1, 0.15) is 0 Å². The summed E-state index contributed by atoms with van der Waals surface area (Å²) in [5.41, 5.74) is -0.219. The molecule has 0 radical (unpaired) electrons. The van der Waals surface area contributed by atoms with Gasteiger partial charge in [0.2, 0.25) is 0 Å². The summed E-state index contributed by atoms with van der Waals surface area (Å²) in [6, 6.07) is 4.55. The number of rotatable bonds is 2. The molecule has 1 aromatic carbocycles. The van der Waals surface area contributed by atoms with Crippen LogP contribution in [-0.2, 0) is 18.0 Å². The van der Waals surface area contributed by atoms with Crippen molar-refractivity contribution in [1.29, 1.82) is 0 Å². The smallest absolute Gasteiger partial charge is 0.327 e. The zero-order valence-corrected chi connectivity index (χ0v) is 11.8. The van der Waals surface area contributed by atoms with Crippen molar-refractivity contribution in [1.82, 2.24) is 4.57 Å². The van der Waals surface area contributed by atoms with E-state index in [4.69, 9.17) is 0 Å². The number of carbonyl (C=O) groups is 1. The highest BCUT2D eigenvalue weighted by Crippen LogP contribution is 2.29. The van der Waals surface area contributed by atoms with Crippen molar-refractivity contribution in [3.05, 3.63) is 57.8 Å². The molecule has 110 valence electrons. The lowest BCUT2D eigenvalue weighted by Gasteiger charge is -2.05. The van der Waals surface area contributed by atoms with Crippen molar-refractivity contribution in [3.8, 4) is 0 Å². The van der Waals surface area contributed by atoms with Crippen LogP contribution in [0.5, 0.6) is 0 Å². The zero-order valence-electron chi connectivity index (χ0n) is 11.0.